The van der Waals surface area contributed by atoms with Gasteiger partial charge in [0.05, 0.1) is 12.6 Å². The predicted octanol–water partition coefficient (Wildman–Crippen LogP) is 2.79. The molecule has 1 aliphatic rings. The molecule has 0 aliphatic carbocycles. The Labute approximate surface area is 119 Å². The van der Waals surface area contributed by atoms with Crippen LogP contribution in [0.4, 0.5) is 0 Å². The van der Waals surface area contributed by atoms with Crippen molar-refractivity contribution in [2.75, 3.05) is 6.61 Å². The van der Waals surface area contributed by atoms with Crippen LogP contribution in [0.1, 0.15) is 33.9 Å². The van der Waals surface area contributed by atoms with Gasteiger partial charge in [-0.1, -0.05) is 30.3 Å². The van der Waals surface area contributed by atoms with Crippen LogP contribution in [0.3, 0.4) is 0 Å². The Bertz CT molecular complexity index is 637. The Morgan fingerprint density at radius 1 is 1.20 bits per heavy atom. The first-order chi connectivity index (χ1) is 9.70. The van der Waals surface area contributed by atoms with Gasteiger partial charge in [0.25, 0.3) is 0 Å². The Hall–Kier alpha value is -1.84. The van der Waals surface area contributed by atoms with Gasteiger partial charge in [0, 0.05) is 6.42 Å². The van der Waals surface area contributed by atoms with E-state index in [0.29, 0.717) is 0 Å². The first kappa shape index (κ1) is 13.2. The van der Waals surface area contributed by atoms with Crippen LogP contribution in [0.2, 0.25) is 0 Å². The molecule has 2 aromatic carbocycles. The van der Waals surface area contributed by atoms with Gasteiger partial charge in [-0.15, -0.1) is 0 Å². The largest absolute Gasteiger partial charge is 0.493 e. The number of hydrazine groups is 1. The predicted molar refractivity (Wildman–Crippen MR) is 80.7 cm³/mol. The molecular formula is C17H20N2O. The van der Waals surface area contributed by atoms with Crippen molar-refractivity contribution in [2.24, 2.45) is 5.84 Å². The van der Waals surface area contributed by atoms with Crippen molar-refractivity contribution < 1.29 is 4.74 Å². The maximum absolute atomic E-state index is 5.82. The highest BCUT2D eigenvalue weighted by molar-refractivity contribution is 5.45. The highest BCUT2D eigenvalue weighted by atomic mass is 16.5. The summed E-state index contributed by atoms with van der Waals surface area (Å²) in [5.74, 6) is 6.82. The van der Waals surface area contributed by atoms with Gasteiger partial charge < -0.3 is 4.74 Å². The summed E-state index contributed by atoms with van der Waals surface area (Å²) in [5.41, 5.74) is 9.21. The first-order valence-electron chi connectivity index (χ1n) is 6.98. The second kappa shape index (κ2) is 5.27. The number of ether oxygens (including phenoxy) is 1. The number of benzene rings is 2. The third kappa shape index (κ3) is 2.19. The van der Waals surface area contributed by atoms with Crippen LogP contribution in [0.25, 0.3) is 0 Å². The zero-order valence-electron chi connectivity index (χ0n) is 11.9. The van der Waals surface area contributed by atoms with E-state index in [1.165, 1.54) is 27.8 Å². The van der Waals surface area contributed by atoms with Gasteiger partial charge >= 0.3 is 0 Å². The Morgan fingerprint density at radius 3 is 2.85 bits per heavy atom. The van der Waals surface area contributed by atoms with Crippen molar-refractivity contribution in [3.8, 4) is 5.75 Å². The van der Waals surface area contributed by atoms with E-state index in [1.807, 2.05) is 6.07 Å². The van der Waals surface area contributed by atoms with Crippen LogP contribution in [0.5, 0.6) is 5.75 Å². The maximum Gasteiger partial charge on any atom is 0.122 e. The summed E-state index contributed by atoms with van der Waals surface area (Å²) < 4.78 is 5.56. The van der Waals surface area contributed by atoms with E-state index in [4.69, 9.17) is 10.6 Å². The molecule has 3 nitrogen and oxygen atoms in total. The van der Waals surface area contributed by atoms with Gasteiger partial charge in [0.15, 0.2) is 0 Å². The van der Waals surface area contributed by atoms with Gasteiger partial charge in [-0.2, -0.15) is 0 Å². The van der Waals surface area contributed by atoms with Crippen molar-refractivity contribution in [2.45, 2.75) is 26.3 Å². The lowest BCUT2D eigenvalue weighted by atomic mass is 9.92. The molecule has 3 rings (SSSR count). The van der Waals surface area contributed by atoms with Crippen molar-refractivity contribution in [3.63, 3.8) is 0 Å². The average Bonchev–Trinajstić information content (AvgIpc) is 2.92. The quantitative estimate of drug-likeness (QED) is 0.664. The van der Waals surface area contributed by atoms with Gasteiger partial charge in [-0.25, -0.2) is 5.43 Å². The maximum atomic E-state index is 5.82. The third-order valence-corrected chi connectivity index (χ3v) is 4.17. The van der Waals surface area contributed by atoms with E-state index in [2.05, 4.69) is 49.6 Å². The highest BCUT2D eigenvalue weighted by Crippen LogP contribution is 2.31. The number of fused-ring (bicyclic) bond motifs is 1. The van der Waals surface area contributed by atoms with Gasteiger partial charge in [-0.05, 0) is 47.7 Å². The van der Waals surface area contributed by atoms with E-state index >= 15 is 0 Å². The van der Waals surface area contributed by atoms with E-state index in [0.717, 1.165) is 18.8 Å². The summed E-state index contributed by atoms with van der Waals surface area (Å²) in [6, 6.07) is 12.7. The summed E-state index contributed by atoms with van der Waals surface area (Å²) in [7, 11) is 0. The Morgan fingerprint density at radius 2 is 2.05 bits per heavy atom. The second-order valence-corrected chi connectivity index (χ2v) is 5.35. The monoisotopic (exact) mass is 268 g/mol. The fourth-order valence-electron chi connectivity index (χ4n) is 2.84. The second-order valence-electron chi connectivity index (χ2n) is 5.35. The Kier molecular flexibility index (Phi) is 3.47. The van der Waals surface area contributed by atoms with Crippen molar-refractivity contribution in [3.05, 3.63) is 64.2 Å². The number of hydrogen-bond acceptors (Lipinski definition) is 3. The van der Waals surface area contributed by atoms with Crippen LogP contribution >= 0.6 is 0 Å². The molecule has 1 aliphatic heterocycles. The van der Waals surface area contributed by atoms with Crippen LogP contribution in [-0.2, 0) is 6.42 Å². The molecule has 3 N–H and O–H groups in total. The number of rotatable bonds is 3. The molecule has 0 saturated heterocycles. The molecule has 1 unspecified atom stereocenters. The molecule has 104 valence electrons. The van der Waals surface area contributed by atoms with E-state index in [9.17, 15) is 0 Å². The van der Waals surface area contributed by atoms with Crippen molar-refractivity contribution >= 4 is 0 Å². The van der Waals surface area contributed by atoms with Crippen LogP contribution in [0.15, 0.2) is 36.4 Å². The SMILES string of the molecule is Cc1cccc(C(NN)c2ccc3c(c2)CCO3)c1C. The van der Waals surface area contributed by atoms with Crippen molar-refractivity contribution in [1.82, 2.24) is 5.43 Å². The molecule has 0 amide bonds. The molecule has 1 atom stereocenters. The standard InChI is InChI=1S/C17H20N2O/c1-11-4-3-5-15(12(11)2)17(19-18)14-6-7-16-13(10-14)8-9-20-16/h3-7,10,17,19H,8-9,18H2,1-2H3. The lowest BCUT2D eigenvalue weighted by Crippen LogP contribution is -2.29. The molecule has 1 heterocycles. The molecule has 0 bridgehead atoms. The first-order valence-corrected chi connectivity index (χ1v) is 6.98. The van der Waals surface area contributed by atoms with Crippen LogP contribution < -0.4 is 16.0 Å². The lowest BCUT2D eigenvalue weighted by Gasteiger charge is -2.20. The minimum absolute atomic E-state index is 0.0146. The number of nitrogens with one attached hydrogen (secondary N) is 1. The number of hydrogen-bond donors (Lipinski definition) is 2. The van der Waals surface area contributed by atoms with Crippen molar-refractivity contribution in [1.29, 1.82) is 0 Å². The summed E-state index contributed by atoms with van der Waals surface area (Å²) in [6.07, 6.45) is 0.979. The van der Waals surface area contributed by atoms with E-state index in [1.54, 1.807) is 0 Å². The highest BCUT2D eigenvalue weighted by Gasteiger charge is 2.19. The molecule has 0 fully saturated rings. The normalized spacial score (nSPS) is 14.8. The smallest absolute Gasteiger partial charge is 0.122 e. The lowest BCUT2D eigenvalue weighted by molar-refractivity contribution is 0.357. The fourth-order valence-corrected chi connectivity index (χ4v) is 2.84. The van der Waals surface area contributed by atoms with Crippen LogP contribution in [0, 0.1) is 13.8 Å². The molecule has 0 aromatic heterocycles. The molecule has 2 aromatic rings. The van der Waals surface area contributed by atoms with Gasteiger partial charge in [-0.3, -0.25) is 5.84 Å². The summed E-state index contributed by atoms with van der Waals surface area (Å²) in [5, 5.41) is 0. The topological polar surface area (TPSA) is 47.3 Å². The summed E-state index contributed by atoms with van der Waals surface area (Å²) >= 11 is 0. The molecule has 20 heavy (non-hydrogen) atoms. The van der Waals surface area contributed by atoms with E-state index in [-0.39, 0.29) is 6.04 Å². The van der Waals surface area contributed by atoms with E-state index < -0.39 is 0 Å². The minimum atomic E-state index is 0.0146. The fraction of sp³-hybridized carbons (Fsp3) is 0.294. The van der Waals surface area contributed by atoms with Crippen LogP contribution in [-0.4, -0.2) is 6.61 Å². The summed E-state index contributed by atoms with van der Waals surface area (Å²) in [6.45, 7) is 5.05. The molecular weight excluding hydrogens is 248 g/mol. The third-order valence-electron chi connectivity index (χ3n) is 4.17. The molecule has 0 spiro atoms. The minimum Gasteiger partial charge on any atom is -0.493 e. The molecule has 3 heteroatoms. The number of nitrogens with two attached hydrogens (primary N) is 1. The van der Waals surface area contributed by atoms with Gasteiger partial charge in [0.1, 0.15) is 5.75 Å². The van der Waals surface area contributed by atoms with Gasteiger partial charge in [0.2, 0.25) is 0 Å². The average molecular weight is 268 g/mol. The Balaban J connectivity index is 2.03. The molecule has 0 radical (unpaired) electrons. The summed E-state index contributed by atoms with van der Waals surface area (Å²) in [4.78, 5) is 0. The molecule has 0 saturated carbocycles. The number of aryl methyl sites for hydroxylation is 1. The zero-order chi connectivity index (χ0) is 14.1. The zero-order valence-corrected chi connectivity index (χ0v) is 11.9.